The Hall–Kier alpha value is -1.69. The number of fused-ring (bicyclic) bond motifs is 1. The number of anilines is 1. The van der Waals surface area contributed by atoms with Crippen LogP contribution in [0.1, 0.15) is 22.8 Å². The maximum absolute atomic E-state index is 11.9. The molecule has 1 aromatic rings. The Morgan fingerprint density at radius 1 is 1.32 bits per heavy atom. The lowest BCUT2D eigenvalue weighted by Gasteiger charge is -2.15. The summed E-state index contributed by atoms with van der Waals surface area (Å²) in [6, 6.07) is 3.33. The van der Waals surface area contributed by atoms with Crippen molar-refractivity contribution in [1.82, 2.24) is 0 Å². The van der Waals surface area contributed by atoms with Gasteiger partial charge in [-0.2, -0.15) is 0 Å². The number of amides is 1. The third kappa shape index (κ3) is 2.40. The molecule has 0 N–H and O–H groups in total. The molecule has 1 aliphatic rings. The monoisotopic (exact) mass is 325 g/mol. The van der Waals surface area contributed by atoms with Gasteiger partial charge >= 0.3 is 5.97 Å². The molecule has 6 heteroatoms. The van der Waals surface area contributed by atoms with E-state index in [9.17, 15) is 14.4 Å². The highest BCUT2D eigenvalue weighted by atomic mass is 79.9. The number of rotatable bonds is 2. The molecule has 0 saturated heterocycles. The Labute approximate surface area is 118 Å². The van der Waals surface area contributed by atoms with Crippen molar-refractivity contribution < 1.29 is 19.1 Å². The molecule has 0 fully saturated rings. The smallest absolute Gasteiger partial charge is 0.379 e. The van der Waals surface area contributed by atoms with Gasteiger partial charge in [-0.05, 0) is 24.1 Å². The van der Waals surface area contributed by atoms with E-state index in [0.717, 1.165) is 19.1 Å². The molecule has 0 bridgehead atoms. The molecule has 0 spiro atoms. The van der Waals surface area contributed by atoms with E-state index in [0.29, 0.717) is 16.7 Å². The first-order chi connectivity index (χ1) is 8.95. The normalized spacial score (nSPS) is 13.1. The molecule has 0 aromatic heterocycles. The summed E-state index contributed by atoms with van der Waals surface area (Å²) < 4.78 is 4.96. The quantitative estimate of drug-likeness (QED) is 0.472. The number of hydrogen-bond acceptors (Lipinski definition) is 4. The summed E-state index contributed by atoms with van der Waals surface area (Å²) in [5.74, 6) is -1.74. The van der Waals surface area contributed by atoms with E-state index in [1.54, 1.807) is 17.0 Å². The van der Waals surface area contributed by atoms with Crippen LogP contribution in [-0.4, -0.2) is 31.3 Å². The van der Waals surface area contributed by atoms with Crippen LogP contribution in [0.25, 0.3) is 0 Å². The molecule has 1 aromatic carbocycles. The number of hydrogen-bond donors (Lipinski definition) is 0. The van der Waals surface area contributed by atoms with Gasteiger partial charge in [-0.15, -0.1) is 0 Å². The molecule has 2 rings (SSSR count). The lowest BCUT2D eigenvalue weighted by molar-refractivity contribution is -0.135. The Kier molecular flexibility index (Phi) is 3.71. The van der Waals surface area contributed by atoms with Crippen molar-refractivity contribution >= 4 is 39.3 Å². The zero-order valence-electron chi connectivity index (χ0n) is 10.5. The standard InChI is InChI=1S/C13H12BrNO4/c1-7(16)15-4-3-8-5-10(14)9(6-11(8)15)12(17)13(18)19-2/h5-6H,3-4H2,1-2H3. The minimum Gasteiger partial charge on any atom is -0.463 e. The fourth-order valence-electron chi connectivity index (χ4n) is 2.11. The van der Waals surface area contributed by atoms with Crippen LogP contribution in [-0.2, 0) is 20.7 Å². The average molecular weight is 326 g/mol. The lowest BCUT2D eigenvalue weighted by Crippen LogP contribution is -2.26. The number of ether oxygens (including phenoxy) is 1. The SMILES string of the molecule is COC(=O)C(=O)c1cc2c(cc1Br)CCN2C(C)=O. The highest BCUT2D eigenvalue weighted by Crippen LogP contribution is 2.33. The molecule has 5 nitrogen and oxygen atoms in total. The first-order valence-electron chi connectivity index (χ1n) is 5.69. The van der Waals surface area contributed by atoms with Crippen molar-refractivity contribution in [2.24, 2.45) is 0 Å². The van der Waals surface area contributed by atoms with E-state index in [2.05, 4.69) is 20.7 Å². The lowest BCUT2D eigenvalue weighted by atomic mass is 10.1. The summed E-state index contributed by atoms with van der Waals surface area (Å²) in [4.78, 5) is 36.3. The highest BCUT2D eigenvalue weighted by molar-refractivity contribution is 9.10. The maximum Gasteiger partial charge on any atom is 0.379 e. The number of nitrogens with zero attached hydrogens (tertiary/aromatic N) is 1. The molecule has 0 unspecified atom stereocenters. The van der Waals surface area contributed by atoms with E-state index in [-0.39, 0.29) is 11.5 Å². The van der Waals surface area contributed by atoms with Crippen LogP contribution in [0.4, 0.5) is 5.69 Å². The van der Waals surface area contributed by atoms with Crippen molar-refractivity contribution in [1.29, 1.82) is 0 Å². The maximum atomic E-state index is 11.9. The molecule has 0 radical (unpaired) electrons. The van der Waals surface area contributed by atoms with Gasteiger partial charge in [0.25, 0.3) is 5.78 Å². The summed E-state index contributed by atoms with van der Waals surface area (Å²) in [6.07, 6.45) is 0.736. The molecule has 1 heterocycles. The second-order valence-corrected chi connectivity index (χ2v) is 5.06. The van der Waals surface area contributed by atoms with Gasteiger partial charge in [-0.3, -0.25) is 9.59 Å². The fraction of sp³-hybridized carbons (Fsp3) is 0.308. The number of carbonyl (C=O) groups is 3. The second-order valence-electron chi connectivity index (χ2n) is 4.20. The average Bonchev–Trinajstić information content (AvgIpc) is 2.78. The Morgan fingerprint density at radius 3 is 2.58 bits per heavy atom. The topological polar surface area (TPSA) is 63.7 Å². The summed E-state index contributed by atoms with van der Waals surface area (Å²) in [5.41, 5.74) is 1.87. The van der Waals surface area contributed by atoms with Crippen LogP contribution in [0.5, 0.6) is 0 Å². The van der Waals surface area contributed by atoms with E-state index in [1.807, 2.05) is 0 Å². The third-order valence-corrected chi connectivity index (χ3v) is 3.72. The molecule has 100 valence electrons. The number of esters is 1. The first kappa shape index (κ1) is 13.7. The molecular formula is C13H12BrNO4. The van der Waals surface area contributed by atoms with E-state index < -0.39 is 11.8 Å². The number of ketones is 1. The zero-order chi connectivity index (χ0) is 14.2. The molecule has 1 aliphatic heterocycles. The number of benzene rings is 1. The highest BCUT2D eigenvalue weighted by Gasteiger charge is 2.27. The minimum atomic E-state index is -0.923. The Bertz CT molecular complexity index is 582. The van der Waals surface area contributed by atoms with Gasteiger partial charge in [0.1, 0.15) is 0 Å². The minimum absolute atomic E-state index is 0.0856. The summed E-state index contributed by atoms with van der Waals surface area (Å²) in [5, 5.41) is 0. The van der Waals surface area contributed by atoms with Gasteiger partial charge in [-0.25, -0.2) is 4.79 Å². The van der Waals surface area contributed by atoms with Crippen LogP contribution in [0.15, 0.2) is 16.6 Å². The molecular weight excluding hydrogens is 314 g/mol. The van der Waals surface area contributed by atoms with Crippen molar-refractivity contribution in [3.63, 3.8) is 0 Å². The van der Waals surface area contributed by atoms with E-state index in [1.165, 1.54) is 6.92 Å². The van der Waals surface area contributed by atoms with Crippen LogP contribution in [0.3, 0.4) is 0 Å². The van der Waals surface area contributed by atoms with Gasteiger partial charge in [0, 0.05) is 29.2 Å². The third-order valence-electron chi connectivity index (χ3n) is 3.06. The van der Waals surface area contributed by atoms with Gasteiger partial charge < -0.3 is 9.64 Å². The van der Waals surface area contributed by atoms with Gasteiger partial charge in [0.15, 0.2) is 0 Å². The Balaban J connectivity index is 2.48. The summed E-state index contributed by atoms with van der Waals surface area (Å²) >= 11 is 3.27. The predicted octanol–water partition coefficient (Wildman–Crippen LogP) is 1.71. The molecule has 0 aliphatic carbocycles. The largest absolute Gasteiger partial charge is 0.463 e. The van der Waals surface area contributed by atoms with Crippen molar-refractivity contribution in [2.45, 2.75) is 13.3 Å². The predicted molar refractivity (Wildman–Crippen MR) is 72.2 cm³/mol. The van der Waals surface area contributed by atoms with Gasteiger partial charge in [0.05, 0.1) is 7.11 Å². The molecule has 19 heavy (non-hydrogen) atoms. The Morgan fingerprint density at radius 2 is 2.00 bits per heavy atom. The number of halogens is 1. The summed E-state index contributed by atoms with van der Waals surface area (Å²) in [6.45, 7) is 2.06. The van der Waals surface area contributed by atoms with Crippen LogP contribution in [0.2, 0.25) is 0 Å². The zero-order valence-corrected chi connectivity index (χ0v) is 12.1. The molecule has 1 amide bonds. The van der Waals surface area contributed by atoms with Crippen LogP contribution < -0.4 is 4.90 Å². The fourth-order valence-corrected chi connectivity index (χ4v) is 2.68. The number of carbonyl (C=O) groups excluding carboxylic acids is 3. The van der Waals surface area contributed by atoms with Crippen LogP contribution in [0, 0.1) is 0 Å². The van der Waals surface area contributed by atoms with Crippen molar-refractivity contribution in [3.05, 3.63) is 27.7 Å². The summed E-state index contributed by atoms with van der Waals surface area (Å²) in [7, 11) is 1.16. The van der Waals surface area contributed by atoms with Crippen molar-refractivity contribution in [2.75, 3.05) is 18.6 Å². The van der Waals surface area contributed by atoms with Crippen molar-refractivity contribution in [3.8, 4) is 0 Å². The second kappa shape index (κ2) is 5.13. The molecule has 0 atom stereocenters. The molecule has 0 saturated carbocycles. The van der Waals surface area contributed by atoms with Gasteiger partial charge in [0.2, 0.25) is 5.91 Å². The number of methoxy groups -OCH3 is 1. The van der Waals surface area contributed by atoms with Gasteiger partial charge in [-0.1, -0.05) is 15.9 Å². The van der Waals surface area contributed by atoms with E-state index >= 15 is 0 Å². The number of Topliss-reactive ketones (excluding diaryl/α,β-unsaturated/α-hetero) is 1. The van der Waals surface area contributed by atoms with Crippen LogP contribution >= 0.6 is 15.9 Å². The van der Waals surface area contributed by atoms with E-state index in [4.69, 9.17) is 0 Å². The first-order valence-corrected chi connectivity index (χ1v) is 6.48.